The maximum Gasteiger partial charge on any atom is 0.133 e. The minimum atomic E-state index is 0.266. The predicted octanol–water partition coefficient (Wildman–Crippen LogP) is 4.12. The highest BCUT2D eigenvalue weighted by atomic mass is 79.9. The molecule has 21 heavy (non-hydrogen) atoms. The number of nitrogens with one attached hydrogen (secondary N) is 1. The minimum absolute atomic E-state index is 0.266. The molecule has 0 bridgehead atoms. The Morgan fingerprint density at radius 2 is 1.95 bits per heavy atom. The van der Waals surface area contributed by atoms with Gasteiger partial charge in [-0.05, 0) is 67.1 Å². The lowest BCUT2D eigenvalue weighted by molar-refractivity contribution is 0.669. The zero-order valence-electron chi connectivity index (χ0n) is 12.5. The first-order valence-electron chi connectivity index (χ1n) is 7.23. The van der Waals surface area contributed by atoms with Gasteiger partial charge in [0.25, 0.3) is 0 Å². The van der Waals surface area contributed by atoms with Crippen LogP contribution in [0.3, 0.4) is 0 Å². The average molecular weight is 347 g/mol. The molecule has 0 aliphatic heterocycles. The summed E-state index contributed by atoms with van der Waals surface area (Å²) in [5.41, 5.74) is 3.36. The fourth-order valence-electron chi connectivity index (χ4n) is 2.56. The number of rotatable bonds is 4. The summed E-state index contributed by atoms with van der Waals surface area (Å²) in [4.78, 5) is 13.3. The Hall–Kier alpha value is -1.49. The van der Waals surface area contributed by atoms with Gasteiger partial charge < -0.3 is 5.32 Å². The number of halogens is 1. The number of nitrogens with zero attached hydrogens (tertiary/aromatic N) is 3. The fourth-order valence-corrected chi connectivity index (χ4v) is 2.94. The first-order chi connectivity index (χ1) is 10.0. The lowest BCUT2D eigenvalue weighted by atomic mass is 10.0. The van der Waals surface area contributed by atoms with Gasteiger partial charge in [-0.2, -0.15) is 0 Å². The van der Waals surface area contributed by atoms with Crippen LogP contribution in [-0.2, 0) is 0 Å². The first kappa shape index (κ1) is 14.4. The van der Waals surface area contributed by atoms with Crippen molar-refractivity contribution in [2.24, 2.45) is 5.92 Å². The van der Waals surface area contributed by atoms with E-state index in [1.807, 2.05) is 26.2 Å². The highest BCUT2D eigenvalue weighted by Gasteiger charge is 2.33. The Bertz CT molecular complexity index is 667. The van der Waals surface area contributed by atoms with E-state index in [9.17, 15) is 0 Å². The number of hydrogen-bond donors (Lipinski definition) is 1. The van der Waals surface area contributed by atoms with Gasteiger partial charge in [-0.15, -0.1) is 0 Å². The molecular formula is C16H19BrN4. The van der Waals surface area contributed by atoms with Crippen LogP contribution >= 0.6 is 15.9 Å². The number of pyridine rings is 1. The van der Waals surface area contributed by atoms with Crippen LogP contribution in [-0.4, -0.2) is 15.0 Å². The molecule has 0 saturated heterocycles. The maximum absolute atomic E-state index is 4.58. The number of anilines is 1. The molecule has 0 radical (unpaired) electrons. The summed E-state index contributed by atoms with van der Waals surface area (Å²) >= 11 is 3.51. The van der Waals surface area contributed by atoms with Gasteiger partial charge in [-0.25, -0.2) is 9.97 Å². The summed E-state index contributed by atoms with van der Waals surface area (Å²) in [6.45, 7) is 6.03. The van der Waals surface area contributed by atoms with Gasteiger partial charge in [0, 0.05) is 28.1 Å². The van der Waals surface area contributed by atoms with E-state index in [1.165, 1.54) is 18.4 Å². The highest BCUT2D eigenvalue weighted by molar-refractivity contribution is 9.10. The van der Waals surface area contributed by atoms with Crippen molar-refractivity contribution in [2.75, 3.05) is 5.32 Å². The van der Waals surface area contributed by atoms with E-state index in [-0.39, 0.29) is 6.04 Å². The molecule has 1 saturated carbocycles. The summed E-state index contributed by atoms with van der Waals surface area (Å²) < 4.78 is 1.01. The predicted molar refractivity (Wildman–Crippen MR) is 87.3 cm³/mol. The van der Waals surface area contributed by atoms with Crippen molar-refractivity contribution in [3.8, 4) is 0 Å². The fraction of sp³-hybridized carbons (Fsp3) is 0.438. The standard InChI is InChI=1S/C16H19BrN4/c1-9-10(2)19-11(3)20-16(9)21-15(12-4-5-12)13-6-14(17)8-18-7-13/h6-8,12,15H,4-5H2,1-3H3,(H,19,20,21). The SMILES string of the molecule is Cc1nc(C)c(C)c(NC(c2cncc(Br)c2)C2CC2)n1. The van der Waals surface area contributed by atoms with Gasteiger partial charge in [0.15, 0.2) is 0 Å². The number of aryl methyl sites for hydroxylation is 2. The Labute approximate surface area is 133 Å². The molecule has 110 valence electrons. The number of hydrogen-bond acceptors (Lipinski definition) is 4. The first-order valence-corrected chi connectivity index (χ1v) is 8.02. The molecule has 1 N–H and O–H groups in total. The van der Waals surface area contributed by atoms with E-state index >= 15 is 0 Å². The summed E-state index contributed by atoms with van der Waals surface area (Å²) in [5.74, 6) is 2.41. The van der Waals surface area contributed by atoms with Crippen LogP contribution in [0.5, 0.6) is 0 Å². The topological polar surface area (TPSA) is 50.7 Å². The van der Waals surface area contributed by atoms with Crippen molar-refractivity contribution in [3.63, 3.8) is 0 Å². The van der Waals surface area contributed by atoms with Gasteiger partial charge in [0.2, 0.25) is 0 Å². The monoisotopic (exact) mass is 346 g/mol. The van der Waals surface area contributed by atoms with E-state index < -0.39 is 0 Å². The van der Waals surface area contributed by atoms with Crippen LogP contribution in [0.4, 0.5) is 5.82 Å². The van der Waals surface area contributed by atoms with Crippen molar-refractivity contribution in [1.82, 2.24) is 15.0 Å². The lowest BCUT2D eigenvalue weighted by Gasteiger charge is -2.21. The third-order valence-electron chi connectivity index (χ3n) is 3.97. The second kappa shape index (κ2) is 5.72. The van der Waals surface area contributed by atoms with Gasteiger partial charge in [-0.3, -0.25) is 4.98 Å². The largest absolute Gasteiger partial charge is 0.363 e. The molecule has 1 unspecified atom stereocenters. The van der Waals surface area contributed by atoms with Gasteiger partial charge in [0.1, 0.15) is 11.6 Å². The molecule has 1 fully saturated rings. The molecule has 3 rings (SSSR count). The Balaban J connectivity index is 1.93. The van der Waals surface area contributed by atoms with E-state index in [4.69, 9.17) is 0 Å². The van der Waals surface area contributed by atoms with Gasteiger partial charge in [0.05, 0.1) is 6.04 Å². The molecule has 2 heterocycles. The van der Waals surface area contributed by atoms with E-state index in [2.05, 4.69) is 49.2 Å². The normalized spacial score (nSPS) is 15.8. The summed E-state index contributed by atoms with van der Waals surface area (Å²) in [6.07, 6.45) is 6.27. The molecule has 5 heteroatoms. The van der Waals surface area contributed by atoms with Gasteiger partial charge in [-0.1, -0.05) is 0 Å². The van der Waals surface area contributed by atoms with Crippen molar-refractivity contribution in [1.29, 1.82) is 0 Å². The quantitative estimate of drug-likeness (QED) is 0.904. The molecule has 1 aliphatic rings. The average Bonchev–Trinajstić information content (AvgIpc) is 3.25. The van der Waals surface area contributed by atoms with Crippen LogP contribution < -0.4 is 5.32 Å². The highest BCUT2D eigenvalue weighted by Crippen LogP contribution is 2.43. The third-order valence-corrected chi connectivity index (χ3v) is 4.41. The van der Waals surface area contributed by atoms with Crippen molar-refractivity contribution >= 4 is 21.7 Å². The molecule has 0 spiro atoms. The Morgan fingerprint density at radius 3 is 2.62 bits per heavy atom. The second-order valence-electron chi connectivity index (χ2n) is 5.73. The van der Waals surface area contributed by atoms with Crippen LogP contribution in [0.2, 0.25) is 0 Å². The van der Waals surface area contributed by atoms with Crippen molar-refractivity contribution < 1.29 is 0 Å². The summed E-state index contributed by atoms with van der Waals surface area (Å²) in [6, 6.07) is 2.40. The second-order valence-corrected chi connectivity index (χ2v) is 6.64. The summed E-state index contributed by atoms with van der Waals surface area (Å²) in [7, 11) is 0. The lowest BCUT2D eigenvalue weighted by Crippen LogP contribution is -2.16. The van der Waals surface area contributed by atoms with E-state index in [0.717, 1.165) is 27.4 Å². The molecule has 0 aromatic carbocycles. The van der Waals surface area contributed by atoms with E-state index in [1.54, 1.807) is 0 Å². The van der Waals surface area contributed by atoms with Gasteiger partial charge >= 0.3 is 0 Å². The molecule has 0 amide bonds. The van der Waals surface area contributed by atoms with Crippen LogP contribution in [0.15, 0.2) is 22.9 Å². The molecule has 2 aromatic heterocycles. The molecule has 1 aliphatic carbocycles. The van der Waals surface area contributed by atoms with Crippen molar-refractivity contribution in [2.45, 2.75) is 39.7 Å². The summed E-state index contributed by atoms with van der Waals surface area (Å²) in [5, 5.41) is 3.62. The molecule has 4 nitrogen and oxygen atoms in total. The molecule has 2 aromatic rings. The van der Waals surface area contributed by atoms with Crippen LogP contribution in [0.1, 0.15) is 41.5 Å². The third kappa shape index (κ3) is 3.23. The minimum Gasteiger partial charge on any atom is -0.363 e. The zero-order chi connectivity index (χ0) is 15.0. The smallest absolute Gasteiger partial charge is 0.133 e. The Morgan fingerprint density at radius 1 is 1.19 bits per heavy atom. The number of aromatic nitrogens is 3. The van der Waals surface area contributed by atoms with Crippen molar-refractivity contribution in [3.05, 3.63) is 45.6 Å². The Kier molecular flexibility index (Phi) is 3.93. The van der Waals surface area contributed by atoms with Crippen LogP contribution in [0.25, 0.3) is 0 Å². The van der Waals surface area contributed by atoms with Crippen LogP contribution in [0, 0.1) is 26.7 Å². The maximum atomic E-state index is 4.58. The van der Waals surface area contributed by atoms with E-state index in [0.29, 0.717) is 5.92 Å². The zero-order valence-corrected chi connectivity index (χ0v) is 14.1. The molecular weight excluding hydrogens is 328 g/mol. The molecule has 1 atom stereocenters.